The van der Waals surface area contributed by atoms with Crippen LogP contribution in [0, 0.1) is 6.92 Å². The molecule has 0 aliphatic carbocycles. The monoisotopic (exact) mass is 280 g/mol. The molecule has 0 bridgehead atoms. The number of hydrogen-bond donors (Lipinski definition) is 1. The van der Waals surface area contributed by atoms with Crippen molar-refractivity contribution in [2.45, 2.75) is 39.8 Å². The molecule has 0 radical (unpaired) electrons. The minimum absolute atomic E-state index is 0.0505. The first-order chi connectivity index (χ1) is 9.58. The summed E-state index contributed by atoms with van der Waals surface area (Å²) in [4.78, 5) is 16.2. The zero-order valence-electron chi connectivity index (χ0n) is 12.6. The van der Waals surface area contributed by atoms with Gasteiger partial charge < -0.3 is 14.7 Å². The van der Waals surface area contributed by atoms with E-state index in [-0.39, 0.29) is 12.1 Å². The van der Waals surface area contributed by atoms with Crippen molar-refractivity contribution in [3.05, 3.63) is 17.5 Å². The van der Waals surface area contributed by atoms with Crippen LogP contribution in [0.5, 0.6) is 0 Å². The molecule has 1 aromatic heterocycles. The summed E-state index contributed by atoms with van der Waals surface area (Å²) in [6, 6.07) is 2.24. The van der Waals surface area contributed by atoms with Crippen molar-refractivity contribution >= 4 is 6.03 Å². The summed E-state index contributed by atoms with van der Waals surface area (Å²) in [7, 11) is 0. The van der Waals surface area contributed by atoms with E-state index in [1.54, 1.807) is 0 Å². The highest BCUT2D eigenvalue weighted by molar-refractivity contribution is 5.74. The second-order valence-electron chi connectivity index (χ2n) is 5.46. The molecule has 0 unspecified atom stereocenters. The van der Waals surface area contributed by atoms with E-state index in [4.69, 9.17) is 4.52 Å². The fourth-order valence-corrected chi connectivity index (χ4v) is 2.22. The summed E-state index contributed by atoms with van der Waals surface area (Å²) in [5.74, 6) is 0.889. The molecule has 1 atom stereocenters. The van der Waals surface area contributed by atoms with Crippen molar-refractivity contribution in [3.8, 4) is 0 Å². The highest BCUT2D eigenvalue weighted by Crippen LogP contribution is 2.10. The molecule has 2 amide bonds. The molecular formula is C14H24N4O2. The highest BCUT2D eigenvalue weighted by Gasteiger charge is 2.22. The molecule has 1 N–H and O–H groups in total. The summed E-state index contributed by atoms with van der Waals surface area (Å²) in [5, 5.41) is 6.90. The second-order valence-corrected chi connectivity index (χ2v) is 5.46. The van der Waals surface area contributed by atoms with Gasteiger partial charge in [0.05, 0.1) is 12.2 Å². The average molecular weight is 280 g/mol. The van der Waals surface area contributed by atoms with Gasteiger partial charge in [-0.3, -0.25) is 4.90 Å². The third kappa shape index (κ3) is 3.96. The average Bonchev–Trinajstić information content (AvgIpc) is 2.84. The third-order valence-electron chi connectivity index (χ3n) is 3.70. The van der Waals surface area contributed by atoms with E-state index in [1.807, 2.05) is 24.8 Å². The van der Waals surface area contributed by atoms with Gasteiger partial charge in [-0.15, -0.1) is 0 Å². The zero-order valence-corrected chi connectivity index (χ0v) is 12.6. The lowest BCUT2D eigenvalue weighted by Gasteiger charge is -2.34. The highest BCUT2D eigenvalue weighted by atomic mass is 16.5. The van der Waals surface area contributed by atoms with E-state index < -0.39 is 0 Å². The van der Waals surface area contributed by atoms with Crippen molar-refractivity contribution in [1.29, 1.82) is 0 Å². The number of rotatable bonds is 4. The molecule has 1 aliphatic rings. The number of nitrogens with one attached hydrogen (secondary N) is 1. The Balaban J connectivity index is 1.76. The fourth-order valence-electron chi connectivity index (χ4n) is 2.22. The van der Waals surface area contributed by atoms with Crippen molar-refractivity contribution in [1.82, 2.24) is 20.3 Å². The molecule has 1 fully saturated rings. The molecule has 0 aromatic carbocycles. The van der Waals surface area contributed by atoms with Gasteiger partial charge >= 0.3 is 6.03 Å². The number of urea groups is 1. The van der Waals surface area contributed by atoms with Gasteiger partial charge in [0.2, 0.25) is 0 Å². The van der Waals surface area contributed by atoms with Gasteiger partial charge in [-0.05, 0) is 20.3 Å². The number of nitrogens with zero attached hydrogens (tertiary/aromatic N) is 3. The van der Waals surface area contributed by atoms with Gasteiger partial charge in [0.1, 0.15) is 0 Å². The minimum Gasteiger partial charge on any atom is -0.360 e. The van der Waals surface area contributed by atoms with Gasteiger partial charge in [0.15, 0.2) is 5.76 Å². The lowest BCUT2D eigenvalue weighted by atomic mass is 10.2. The Kier molecular flexibility index (Phi) is 5.00. The van der Waals surface area contributed by atoms with E-state index in [2.05, 4.69) is 22.3 Å². The van der Waals surface area contributed by atoms with Crippen LogP contribution < -0.4 is 5.32 Å². The number of aryl methyl sites for hydroxylation is 1. The molecule has 2 rings (SSSR count). The standard InChI is InChI=1S/C14H24N4O2/c1-4-11(2)15-14(19)18-7-5-17(6-8-18)10-13-9-12(3)16-20-13/h9,11H,4-8,10H2,1-3H3,(H,15,19)/t11-/m0/s1. The lowest BCUT2D eigenvalue weighted by molar-refractivity contribution is 0.126. The smallest absolute Gasteiger partial charge is 0.317 e. The Labute approximate surface area is 120 Å². The molecule has 0 spiro atoms. The third-order valence-corrected chi connectivity index (χ3v) is 3.70. The number of amides is 2. The maximum Gasteiger partial charge on any atom is 0.317 e. The molecular weight excluding hydrogens is 256 g/mol. The quantitative estimate of drug-likeness (QED) is 0.910. The number of aromatic nitrogens is 1. The molecule has 112 valence electrons. The summed E-state index contributed by atoms with van der Waals surface area (Å²) in [5.41, 5.74) is 0.909. The Hall–Kier alpha value is -1.56. The van der Waals surface area contributed by atoms with E-state index in [0.717, 1.165) is 50.6 Å². The fraction of sp³-hybridized carbons (Fsp3) is 0.714. The van der Waals surface area contributed by atoms with Gasteiger partial charge in [-0.2, -0.15) is 0 Å². The second kappa shape index (κ2) is 6.74. The van der Waals surface area contributed by atoms with Gasteiger partial charge in [0.25, 0.3) is 0 Å². The first-order valence-electron chi connectivity index (χ1n) is 7.28. The largest absolute Gasteiger partial charge is 0.360 e. The number of hydrogen-bond acceptors (Lipinski definition) is 4. The Morgan fingerprint density at radius 1 is 1.45 bits per heavy atom. The van der Waals surface area contributed by atoms with Crippen LogP contribution in [0.2, 0.25) is 0 Å². The Bertz CT molecular complexity index is 438. The van der Waals surface area contributed by atoms with Crippen molar-refractivity contribution in [3.63, 3.8) is 0 Å². The number of carbonyl (C=O) groups is 1. The molecule has 6 nitrogen and oxygen atoms in total. The Morgan fingerprint density at radius 2 is 2.15 bits per heavy atom. The van der Waals surface area contributed by atoms with Gasteiger partial charge in [-0.1, -0.05) is 12.1 Å². The minimum atomic E-state index is 0.0505. The van der Waals surface area contributed by atoms with E-state index >= 15 is 0 Å². The topological polar surface area (TPSA) is 61.6 Å². The van der Waals surface area contributed by atoms with Gasteiger partial charge in [-0.25, -0.2) is 4.79 Å². The van der Waals surface area contributed by atoms with Crippen LogP contribution in [0.4, 0.5) is 4.79 Å². The van der Waals surface area contributed by atoms with E-state index in [0.29, 0.717) is 0 Å². The molecule has 1 aromatic rings. The Morgan fingerprint density at radius 3 is 2.70 bits per heavy atom. The lowest BCUT2D eigenvalue weighted by Crippen LogP contribution is -2.52. The SMILES string of the molecule is CC[C@H](C)NC(=O)N1CCN(Cc2cc(C)no2)CC1. The van der Waals surface area contributed by atoms with Crippen molar-refractivity contribution < 1.29 is 9.32 Å². The number of piperazine rings is 1. The van der Waals surface area contributed by atoms with Gasteiger partial charge in [0, 0.05) is 38.3 Å². The molecule has 6 heteroatoms. The summed E-state index contributed by atoms with van der Waals surface area (Å²) in [6.07, 6.45) is 0.955. The van der Waals surface area contributed by atoms with E-state index in [1.165, 1.54) is 0 Å². The number of carbonyl (C=O) groups excluding carboxylic acids is 1. The van der Waals surface area contributed by atoms with E-state index in [9.17, 15) is 4.79 Å². The molecule has 2 heterocycles. The normalized spacial score (nSPS) is 18.1. The maximum absolute atomic E-state index is 12.0. The first kappa shape index (κ1) is 14.8. The van der Waals surface area contributed by atoms with Crippen LogP contribution in [0.1, 0.15) is 31.7 Å². The zero-order chi connectivity index (χ0) is 14.5. The first-order valence-corrected chi connectivity index (χ1v) is 7.28. The predicted octanol–water partition coefficient (Wildman–Crippen LogP) is 1.61. The maximum atomic E-state index is 12.0. The van der Waals surface area contributed by atoms with Crippen LogP contribution in [0.15, 0.2) is 10.6 Å². The molecule has 0 saturated carbocycles. The summed E-state index contributed by atoms with van der Waals surface area (Å²) in [6.45, 7) is 10.0. The van der Waals surface area contributed by atoms with Crippen molar-refractivity contribution in [2.24, 2.45) is 0 Å². The summed E-state index contributed by atoms with van der Waals surface area (Å²) < 4.78 is 5.22. The molecule has 20 heavy (non-hydrogen) atoms. The van der Waals surface area contributed by atoms with Crippen LogP contribution in [-0.2, 0) is 6.54 Å². The van der Waals surface area contributed by atoms with Crippen molar-refractivity contribution in [2.75, 3.05) is 26.2 Å². The van der Waals surface area contributed by atoms with Crippen LogP contribution in [0.3, 0.4) is 0 Å². The molecule has 1 aliphatic heterocycles. The van der Waals surface area contributed by atoms with Crippen LogP contribution in [0.25, 0.3) is 0 Å². The predicted molar refractivity (Wildman–Crippen MR) is 76.4 cm³/mol. The molecule has 1 saturated heterocycles. The van der Waals surface area contributed by atoms with Crippen LogP contribution >= 0.6 is 0 Å². The van der Waals surface area contributed by atoms with Crippen LogP contribution in [-0.4, -0.2) is 53.2 Å². The summed E-state index contributed by atoms with van der Waals surface area (Å²) >= 11 is 0.